The molecule has 0 atom stereocenters. The van der Waals surface area contributed by atoms with E-state index in [1.54, 1.807) is 6.92 Å². The second kappa shape index (κ2) is 8.03. The standard InChI is InChI=1S/C19H14F4N4O/c1-10-8-15(18(28)24-9-11-2-4-12(20)5-3-11)27-19(25-10)26-14-7-6-13(21)16(22)17(14)23/h2-8H,9H2,1H3,(H,24,28)(H,25,26,27). The third-order valence-corrected chi connectivity index (χ3v) is 3.73. The van der Waals surface area contributed by atoms with E-state index in [2.05, 4.69) is 20.6 Å². The van der Waals surface area contributed by atoms with Crippen LogP contribution in [0, 0.1) is 30.2 Å². The summed E-state index contributed by atoms with van der Waals surface area (Å²) in [6, 6.07) is 8.76. The summed E-state index contributed by atoms with van der Waals surface area (Å²) in [5.74, 6) is -5.46. The van der Waals surface area contributed by atoms with Crippen LogP contribution < -0.4 is 10.6 Å². The number of rotatable bonds is 5. The Hall–Kier alpha value is -3.49. The lowest BCUT2D eigenvalue weighted by Gasteiger charge is -2.10. The van der Waals surface area contributed by atoms with E-state index >= 15 is 0 Å². The lowest BCUT2D eigenvalue weighted by Crippen LogP contribution is -2.24. The third kappa shape index (κ3) is 4.43. The van der Waals surface area contributed by atoms with Gasteiger partial charge in [0.15, 0.2) is 17.5 Å². The molecule has 3 rings (SSSR count). The molecule has 0 spiro atoms. The Morgan fingerprint density at radius 2 is 1.68 bits per heavy atom. The zero-order chi connectivity index (χ0) is 20.3. The van der Waals surface area contributed by atoms with Crippen molar-refractivity contribution in [2.75, 3.05) is 5.32 Å². The van der Waals surface area contributed by atoms with E-state index in [0.717, 1.165) is 12.1 Å². The van der Waals surface area contributed by atoms with E-state index in [-0.39, 0.29) is 29.7 Å². The molecule has 28 heavy (non-hydrogen) atoms. The summed E-state index contributed by atoms with van der Waals surface area (Å²) in [6.45, 7) is 1.73. The Balaban J connectivity index is 1.76. The molecule has 0 fully saturated rings. The predicted molar refractivity (Wildman–Crippen MR) is 93.9 cm³/mol. The van der Waals surface area contributed by atoms with Gasteiger partial charge in [0.1, 0.15) is 11.5 Å². The first-order valence-electron chi connectivity index (χ1n) is 8.12. The number of nitrogens with zero attached hydrogens (tertiary/aromatic N) is 2. The molecular formula is C19H14F4N4O. The van der Waals surface area contributed by atoms with Gasteiger partial charge in [-0.2, -0.15) is 0 Å². The number of anilines is 2. The van der Waals surface area contributed by atoms with Gasteiger partial charge in [-0.3, -0.25) is 4.79 Å². The number of nitrogens with one attached hydrogen (secondary N) is 2. The Kier molecular flexibility index (Phi) is 5.53. The zero-order valence-corrected chi connectivity index (χ0v) is 14.6. The summed E-state index contributed by atoms with van der Waals surface area (Å²) in [5.41, 5.74) is 0.692. The minimum atomic E-state index is -1.63. The fourth-order valence-corrected chi connectivity index (χ4v) is 2.36. The van der Waals surface area contributed by atoms with Crippen molar-refractivity contribution in [3.63, 3.8) is 0 Å². The summed E-state index contributed by atoms with van der Waals surface area (Å²) in [6.07, 6.45) is 0. The highest BCUT2D eigenvalue weighted by molar-refractivity contribution is 5.92. The highest BCUT2D eigenvalue weighted by atomic mass is 19.2. The van der Waals surface area contributed by atoms with Crippen molar-refractivity contribution in [3.05, 3.63) is 82.7 Å². The zero-order valence-electron chi connectivity index (χ0n) is 14.6. The molecule has 144 valence electrons. The maximum atomic E-state index is 13.8. The van der Waals surface area contributed by atoms with E-state index in [1.807, 2.05) is 0 Å². The molecule has 0 radical (unpaired) electrons. The molecule has 0 bridgehead atoms. The van der Waals surface area contributed by atoms with Crippen LogP contribution in [0.4, 0.5) is 29.2 Å². The molecule has 1 heterocycles. The van der Waals surface area contributed by atoms with Crippen LogP contribution in [-0.4, -0.2) is 15.9 Å². The molecule has 0 unspecified atom stereocenters. The van der Waals surface area contributed by atoms with Gasteiger partial charge in [-0.05, 0) is 42.8 Å². The van der Waals surface area contributed by atoms with Gasteiger partial charge in [-0.1, -0.05) is 12.1 Å². The number of amides is 1. The number of aryl methyl sites for hydroxylation is 1. The van der Waals surface area contributed by atoms with E-state index in [1.165, 1.54) is 30.3 Å². The van der Waals surface area contributed by atoms with E-state index in [0.29, 0.717) is 11.3 Å². The summed E-state index contributed by atoms with van der Waals surface area (Å²) in [4.78, 5) is 20.3. The quantitative estimate of drug-likeness (QED) is 0.510. The maximum Gasteiger partial charge on any atom is 0.270 e. The average molecular weight is 390 g/mol. The SMILES string of the molecule is Cc1cc(C(=O)NCc2ccc(F)cc2)nc(Nc2ccc(F)c(F)c2F)n1. The normalized spacial score (nSPS) is 10.6. The first-order valence-corrected chi connectivity index (χ1v) is 8.12. The van der Waals surface area contributed by atoms with Crippen molar-refractivity contribution in [1.82, 2.24) is 15.3 Å². The van der Waals surface area contributed by atoms with Crippen LogP contribution in [0.3, 0.4) is 0 Å². The predicted octanol–water partition coefficient (Wildman–Crippen LogP) is 4.02. The molecule has 9 heteroatoms. The Morgan fingerprint density at radius 1 is 0.964 bits per heavy atom. The molecule has 0 aliphatic heterocycles. The molecule has 1 amide bonds. The fourth-order valence-electron chi connectivity index (χ4n) is 2.36. The Labute approximate surface area is 157 Å². The summed E-state index contributed by atoms with van der Waals surface area (Å²) in [5, 5.41) is 5.05. The van der Waals surface area contributed by atoms with Crippen LogP contribution in [0.2, 0.25) is 0 Å². The highest BCUT2D eigenvalue weighted by Gasteiger charge is 2.16. The molecule has 5 nitrogen and oxygen atoms in total. The number of benzene rings is 2. The Morgan fingerprint density at radius 3 is 2.39 bits per heavy atom. The number of carbonyl (C=O) groups is 1. The van der Waals surface area contributed by atoms with Crippen molar-refractivity contribution < 1.29 is 22.4 Å². The van der Waals surface area contributed by atoms with Gasteiger partial charge >= 0.3 is 0 Å². The molecule has 2 N–H and O–H groups in total. The van der Waals surface area contributed by atoms with Crippen molar-refractivity contribution in [1.29, 1.82) is 0 Å². The summed E-state index contributed by atoms with van der Waals surface area (Å²) < 4.78 is 53.1. The topological polar surface area (TPSA) is 66.9 Å². The third-order valence-electron chi connectivity index (χ3n) is 3.73. The van der Waals surface area contributed by atoms with Crippen molar-refractivity contribution >= 4 is 17.5 Å². The van der Waals surface area contributed by atoms with Gasteiger partial charge in [0.2, 0.25) is 5.95 Å². The summed E-state index contributed by atoms with van der Waals surface area (Å²) in [7, 11) is 0. The van der Waals surface area contributed by atoms with Crippen LogP contribution in [0.15, 0.2) is 42.5 Å². The van der Waals surface area contributed by atoms with Crippen molar-refractivity contribution in [3.8, 4) is 0 Å². The van der Waals surface area contributed by atoms with Crippen LogP contribution in [0.1, 0.15) is 21.7 Å². The Bertz CT molecular complexity index is 1030. The lowest BCUT2D eigenvalue weighted by atomic mass is 10.2. The van der Waals surface area contributed by atoms with Crippen molar-refractivity contribution in [2.24, 2.45) is 0 Å². The van der Waals surface area contributed by atoms with Gasteiger partial charge < -0.3 is 10.6 Å². The molecule has 0 saturated heterocycles. The number of hydrogen-bond donors (Lipinski definition) is 2. The van der Waals surface area contributed by atoms with Gasteiger partial charge in [0, 0.05) is 12.2 Å². The smallest absolute Gasteiger partial charge is 0.270 e. The minimum Gasteiger partial charge on any atom is -0.347 e. The van der Waals surface area contributed by atoms with Gasteiger partial charge in [-0.25, -0.2) is 27.5 Å². The fraction of sp³-hybridized carbons (Fsp3) is 0.105. The van der Waals surface area contributed by atoms with E-state index in [4.69, 9.17) is 0 Å². The number of aromatic nitrogens is 2. The first-order chi connectivity index (χ1) is 13.3. The van der Waals surface area contributed by atoms with Gasteiger partial charge in [-0.15, -0.1) is 0 Å². The van der Waals surface area contributed by atoms with Crippen LogP contribution in [-0.2, 0) is 6.54 Å². The molecule has 3 aromatic rings. The maximum absolute atomic E-state index is 13.8. The second-order valence-electron chi connectivity index (χ2n) is 5.88. The van der Waals surface area contributed by atoms with Gasteiger partial charge in [0.25, 0.3) is 5.91 Å². The van der Waals surface area contributed by atoms with E-state index in [9.17, 15) is 22.4 Å². The number of carbonyl (C=O) groups excluding carboxylic acids is 1. The second-order valence-corrected chi connectivity index (χ2v) is 5.88. The largest absolute Gasteiger partial charge is 0.347 e. The molecule has 1 aromatic heterocycles. The van der Waals surface area contributed by atoms with Crippen molar-refractivity contribution in [2.45, 2.75) is 13.5 Å². The average Bonchev–Trinajstić information content (AvgIpc) is 2.67. The van der Waals surface area contributed by atoms with E-state index < -0.39 is 23.4 Å². The van der Waals surface area contributed by atoms with Crippen LogP contribution in [0.25, 0.3) is 0 Å². The minimum absolute atomic E-state index is 0.0138. The van der Waals surface area contributed by atoms with Crippen LogP contribution >= 0.6 is 0 Å². The monoisotopic (exact) mass is 390 g/mol. The summed E-state index contributed by atoms with van der Waals surface area (Å²) >= 11 is 0. The molecular weight excluding hydrogens is 376 g/mol. The van der Waals surface area contributed by atoms with Crippen LogP contribution in [0.5, 0.6) is 0 Å². The lowest BCUT2D eigenvalue weighted by molar-refractivity contribution is 0.0945. The molecule has 2 aromatic carbocycles. The number of hydrogen-bond acceptors (Lipinski definition) is 4. The molecule has 0 aliphatic carbocycles. The molecule has 0 aliphatic rings. The first kappa shape index (κ1) is 19.3. The molecule has 0 saturated carbocycles. The highest BCUT2D eigenvalue weighted by Crippen LogP contribution is 2.22. The number of halogens is 4. The van der Waals surface area contributed by atoms with Gasteiger partial charge in [0.05, 0.1) is 5.69 Å².